The Morgan fingerprint density at radius 2 is 1.90 bits per heavy atom. The first kappa shape index (κ1) is 19.7. The first-order valence-corrected chi connectivity index (χ1v) is 9.50. The van der Waals surface area contributed by atoms with Gasteiger partial charge in [0.25, 0.3) is 23.4 Å². The lowest BCUT2D eigenvalue weighted by atomic mass is 10.0. The number of carbonyl (C=O) groups is 3. The molecule has 0 radical (unpaired) electrons. The van der Waals surface area contributed by atoms with E-state index in [2.05, 4.69) is 0 Å². The fraction of sp³-hybridized carbons (Fsp3) is 0.286. The number of amides is 3. The van der Waals surface area contributed by atoms with Crippen LogP contribution in [0.5, 0.6) is 0 Å². The second kappa shape index (κ2) is 7.68. The van der Waals surface area contributed by atoms with Crippen molar-refractivity contribution < 1.29 is 24.0 Å². The first-order chi connectivity index (χ1) is 14.4. The Morgan fingerprint density at radius 3 is 2.63 bits per heavy atom. The summed E-state index contributed by atoms with van der Waals surface area (Å²) in [5.74, 6) is -1.11. The number of benzene rings is 2. The zero-order valence-corrected chi connectivity index (χ0v) is 16.3. The van der Waals surface area contributed by atoms with Crippen molar-refractivity contribution in [1.82, 2.24) is 4.90 Å². The van der Waals surface area contributed by atoms with Gasteiger partial charge in [0, 0.05) is 50.2 Å². The van der Waals surface area contributed by atoms with Gasteiger partial charge >= 0.3 is 0 Å². The minimum Gasteiger partial charge on any atom is -0.385 e. The molecule has 0 unspecified atom stereocenters. The molecule has 2 aromatic rings. The summed E-state index contributed by atoms with van der Waals surface area (Å²) in [6.45, 7) is 1.08. The highest BCUT2D eigenvalue weighted by Crippen LogP contribution is 2.33. The lowest BCUT2D eigenvalue weighted by molar-refractivity contribution is -0.384. The second-order valence-electron chi connectivity index (χ2n) is 7.15. The highest BCUT2D eigenvalue weighted by atomic mass is 16.6. The summed E-state index contributed by atoms with van der Waals surface area (Å²) in [5, 5.41) is 11.0. The van der Waals surface area contributed by atoms with Crippen LogP contribution in [-0.4, -0.2) is 54.4 Å². The van der Waals surface area contributed by atoms with E-state index < -0.39 is 10.8 Å². The molecule has 0 bridgehead atoms. The van der Waals surface area contributed by atoms with E-state index in [1.165, 1.54) is 35.2 Å². The van der Waals surface area contributed by atoms with Crippen molar-refractivity contribution >= 4 is 29.1 Å². The van der Waals surface area contributed by atoms with Gasteiger partial charge in [-0.25, -0.2) is 0 Å². The molecule has 0 saturated carbocycles. The van der Waals surface area contributed by atoms with Crippen LogP contribution < -0.4 is 4.90 Å². The minimum atomic E-state index is -0.466. The van der Waals surface area contributed by atoms with E-state index in [0.29, 0.717) is 37.2 Å². The lowest BCUT2D eigenvalue weighted by Gasteiger charge is -2.17. The van der Waals surface area contributed by atoms with Gasteiger partial charge in [-0.1, -0.05) is 0 Å². The van der Waals surface area contributed by atoms with E-state index in [9.17, 15) is 24.5 Å². The van der Waals surface area contributed by atoms with Crippen molar-refractivity contribution in [3.8, 4) is 0 Å². The van der Waals surface area contributed by atoms with Gasteiger partial charge in [0.15, 0.2) is 0 Å². The van der Waals surface area contributed by atoms with E-state index in [1.54, 1.807) is 18.1 Å². The molecule has 4 rings (SSSR count). The summed E-state index contributed by atoms with van der Waals surface area (Å²) in [6.07, 6.45) is 1.04. The molecule has 2 aromatic carbocycles. The fourth-order valence-corrected chi connectivity index (χ4v) is 3.86. The quantitative estimate of drug-likeness (QED) is 0.314. The number of nitro benzene ring substituents is 1. The molecule has 2 heterocycles. The second-order valence-corrected chi connectivity index (χ2v) is 7.15. The van der Waals surface area contributed by atoms with Crippen LogP contribution >= 0.6 is 0 Å². The van der Waals surface area contributed by atoms with Gasteiger partial charge in [-0.3, -0.25) is 29.4 Å². The number of ether oxygens (including phenoxy) is 1. The minimum absolute atomic E-state index is 0.0155. The maximum Gasteiger partial charge on any atom is 0.269 e. The molecule has 0 N–H and O–H groups in total. The molecule has 0 spiro atoms. The van der Waals surface area contributed by atoms with Crippen LogP contribution in [-0.2, 0) is 11.2 Å². The third-order valence-corrected chi connectivity index (χ3v) is 5.36. The third kappa shape index (κ3) is 3.22. The van der Waals surface area contributed by atoms with Crippen LogP contribution in [0.3, 0.4) is 0 Å². The van der Waals surface area contributed by atoms with E-state index in [0.717, 1.165) is 5.56 Å². The first-order valence-electron chi connectivity index (χ1n) is 9.50. The number of nitro groups is 1. The maximum absolute atomic E-state index is 13.1. The van der Waals surface area contributed by atoms with Crippen LogP contribution in [0.25, 0.3) is 0 Å². The summed E-state index contributed by atoms with van der Waals surface area (Å²) in [7, 11) is 1.55. The molecule has 154 valence electrons. The molecule has 2 aliphatic heterocycles. The van der Waals surface area contributed by atoms with Gasteiger partial charge in [-0.05, 0) is 42.7 Å². The molecule has 0 aliphatic carbocycles. The molecule has 0 atom stereocenters. The Labute approximate surface area is 172 Å². The Morgan fingerprint density at radius 1 is 1.13 bits per heavy atom. The molecule has 30 heavy (non-hydrogen) atoms. The van der Waals surface area contributed by atoms with Crippen molar-refractivity contribution in [1.29, 1.82) is 0 Å². The largest absolute Gasteiger partial charge is 0.385 e. The van der Waals surface area contributed by atoms with Gasteiger partial charge in [0.1, 0.15) is 0 Å². The Kier molecular flexibility index (Phi) is 5.04. The molecular formula is C21H19N3O6. The van der Waals surface area contributed by atoms with E-state index in [-0.39, 0.29) is 35.2 Å². The molecule has 0 fully saturated rings. The number of rotatable bonds is 6. The lowest BCUT2D eigenvalue weighted by Crippen LogP contribution is -2.31. The van der Waals surface area contributed by atoms with Crippen molar-refractivity contribution in [2.45, 2.75) is 12.8 Å². The summed E-state index contributed by atoms with van der Waals surface area (Å²) >= 11 is 0. The zero-order chi connectivity index (χ0) is 21.4. The van der Waals surface area contributed by atoms with Crippen LogP contribution in [0.1, 0.15) is 43.1 Å². The Hall–Kier alpha value is -3.59. The highest BCUT2D eigenvalue weighted by molar-refractivity contribution is 6.22. The number of methoxy groups -OCH3 is 1. The number of carbonyl (C=O) groups excluding carboxylic acids is 3. The van der Waals surface area contributed by atoms with Gasteiger partial charge in [0.2, 0.25) is 0 Å². The smallest absolute Gasteiger partial charge is 0.269 e. The number of hydrogen-bond donors (Lipinski definition) is 0. The zero-order valence-electron chi connectivity index (χ0n) is 16.3. The van der Waals surface area contributed by atoms with E-state index in [1.807, 2.05) is 0 Å². The summed E-state index contributed by atoms with van der Waals surface area (Å²) < 4.78 is 4.97. The Balaban J connectivity index is 1.58. The van der Waals surface area contributed by atoms with E-state index in [4.69, 9.17) is 4.74 Å². The number of non-ortho nitro benzene ring substituents is 1. The molecule has 9 heteroatoms. The average molecular weight is 409 g/mol. The van der Waals surface area contributed by atoms with Crippen molar-refractivity contribution in [3.05, 3.63) is 68.8 Å². The van der Waals surface area contributed by atoms with Crippen LogP contribution in [0.15, 0.2) is 36.4 Å². The summed E-state index contributed by atoms with van der Waals surface area (Å²) in [4.78, 5) is 51.5. The van der Waals surface area contributed by atoms with Gasteiger partial charge < -0.3 is 9.64 Å². The number of fused-ring (bicyclic) bond motifs is 2. The Bertz CT molecular complexity index is 1080. The van der Waals surface area contributed by atoms with Crippen LogP contribution in [0.4, 0.5) is 11.4 Å². The molecule has 0 aromatic heterocycles. The van der Waals surface area contributed by atoms with Crippen molar-refractivity contribution in [2.24, 2.45) is 0 Å². The molecule has 0 saturated heterocycles. The van der Waals surface area contributed by atoms with Crippen LogP contribution in [0, 0.1) is 10.1 Å². The fourth-order valence-electron chi connectivity index (χ4n) is 3.86. The molecule has 2 aliphatic rings. The van der Waals surface area contributed by atoms with Crippen molar-refractivity contribution in [3.63, 3.8) is 0 Å². The monoisotopic (exact) mass is 409 g/mol. The number of nitrogens with zero attached hydrogens (tertiary/aromatic N) is 3. The summed E-state index contributed by atoms with van der Waals surface area (Å²) in [5.41, 5.74) is 2.12. The van der Waals surface area contributed by atoms with Crippen LogP contribution in [0.2, 0.25) is 0 Å². The third-order valence-electron chi connectivity index (χ3n) is 5.36. The molecule has 9 nitrogen and oxygen atoms in total. The topological polar surface area (TPSA) is 110 Å². The average Bonchev–Trinajstić information content (AvgIpc) is 3.27. The number of anilines is 1. The normalized spacial score (nSPS) is 14.8. The van der Waals surface area contributed by atoms with E-state index >= 15 is 0 Å². The highest BCUT2D eigenvalue weighted by Gasteiger charge is 2.36. The number of hydrogen-bond acceptors (Lipinski definition) is 6. The van der Waals surface area contributed by atoms with Gasteiger partial charge in [-0.15, -0.1) is 0 Å². The predicted molar refractivity (Wildman–Crippen MR) is 107 cm³/mol. The summed E-state index contributed by atoms with van der Waals surface area (Å²) in [6, 6.07) is 8.91. The van der Waals surface area contributed by atoms with Gasteiger partial charge in [-0.2, -0.15) is 0 Å². The molecular weight excluding hydrogens is 390 g/mol. The van der Waals surface area contributed by atoms with Gasteiger partial charge in [0.05, 0.1) is 16.1 Å². The maximum atomic E-state index is 13.1. The standard InChI is InChI=1S/C21H19N3O6/c1-30-10-2-8-23-20(26)16-5-3-14(12-17(16)21(23)27)19(25)22-9-7-13-11-15(24(28)29)4-6-18(13)22/h3-6,11-12H,2,7-10H2,1H3. The molecule has 3 amide bonds. The predicted octanol–water partition coefficient (Wildman–Crippen LogP) is 2.43. The number of imide groups is 1. The van der Waals surface area contributed by atoms with Crippen molar-refractivity contribution in [2.75, 3.05) is 31.7 Å². The SMILES string of the molecule is COCCCN1C(=O)c2ccc(C(=O)N3CCc4cc([N+](=O)[O-])ccc43)cc2C1=O.